The van der Waals surface area contributed by atoms with Crippen molar-refractivity contribution in [2.45, 2.75) is 58.6 Å². The van der Waals surface area contributed by atoms with Gasteiger partial charge in [0.1, 0.15) is 5.60 Å². The largest absolute Gasteiger partial charge is 0.444 e. The molecule has 1 fully saturated rings. The van der Waals surface area contributed by atoms with E-state index >= 15 is 0 Å². The normalized spacial score (nSPS) is 17.4. The number of nitrogens with zero attached hydrogens (tertiary/aromatic N) is 1. The van der Waals surface area contributed by atoms with Crippen molar-refractivity contribution in [1.29, 1.82) is 0 Å². The molecule has 1 N–H and O–H groups in total. The van der Waals surface area contributed by atoms with Gasteiger partial charge in [0.05, 0.1) is 0 Å². The molecule has 0 aromatic rings. The van der Waals surface area contributed by atoms with Crippen molar-refractivity contribution < 1.29 is 9.53 Å². The number of carbonyl (C=O) groups excluding carboxylic acids is 1. The van der Waals surface area contributed by atoms with Crippen molar-refractivity contribution in [2.75, 3.05) is 20.1 Å². The van der Waals surface area contributed by atoms with Gasteiger partial charge in [-0.1, -0.05) is 12.8 Å². The van der Waals surface area contributed by atoms with Crippen LogP contribution in [0.3, 0.4) is 0 Å². The topological polar surface area (TPSA) is 41.6 Å². The summed E-state index contributed by atoms with van der Waals surface area (Å²) < 4.78 is 5.29. The number of nitrogens with one attached hydrogen (secondary N) is 1. The van der Waals surface area contributed by atoms with E-state index in [0.29, 0.717) is 12.6 Å². The van der Waals surface area contributed by atoms with E-state index in [-0.39, 0.29) is 6.09 Å². The van der Waals surface area contributed by atoms with Gasteiger partial charge in [0.2, 0.25) is 0 Å². The van der Waals surface area contributed by atoms with Crippen LogP contribution in [0.4, 0.5) is 4.79 Å². The summed E-state index contributed by atoms with van der Waals surface area (Å²) in [6.07, 6.45) is 3.79. The van der Waals surface area contributed by atoms with Gasteiger partial charge < -0.3 is 15.0 Å². The molecule has 1 aliphatic carbocycles. The smallest absolute Gasteiger partial charge is 0.410 e. The minimum atomic E-state index is -0.419. The third-order valence-corrected chi connectivity index (χ3v) is 3.03. The minimum absolute atomic E-state index is 0.251. The molecule has 1 amide bonds. The first-order valence-electron chi connectivity index (χ1n) is 6.95. The van der Waals surface area contributed by atoms with E-state index in [0.717, 1.165) is 12.5 Å². The van der Waals surface area contributed by atoms with Crippen LogP contribution in [0.5, 0.6) is 0 Å². The lowest BCUT2D eigenvalue weighted by atomic mass is 10.1. The Morgan fingerprint density at radius 3 is 2.56 bits per heavy atom. The molecule has 1 aliphatic rings. The van der Waals surface area contributed by atoms with Gasteiger partial charge in [0.25, 0.3) is 0 Å². The summed E-state index contributed by atoms with van der Waals surface area (Å²) in [5, 5.41) is 3.45. The molecule has 0 aromatic heterocycles. The maximum absolute atomic E-state index is 11.7. The van der Waals surface area contributed by atoms with Gasteiger partial charge in [-0.15, -0.1) is 0 Å². The number of hydrogen-bond donors (Lipinski definition) is 1. The van der Waals surface area contributed by atoms with E-state index in [1.807, 2.05) is 20.8 Å². The van der Waals surface area contributed by atoms with E-state index in [2.05, 4.69) is 12.2 Å². The highest BCUT2D eigenvalue weighted by molar-refractivity contribution is 5.67. The fraction of sp³-hybridized carbons (Fsp3) is 0.929. The second-order valence-corrected chi connectivity index (χ2v) is 6.44. The Hall–Kier alpha value is -0.770. The molecule has 0 aliphatic heterocycles. The molecule has 4 heteroatoms. The molecule has 1 saturated carbocycles. The lowest BCUT2D eigenvalue weighted by Crippen LogP contribution is -2.39. The predicted molar refractivity (Wildman–Crippen MR) is 73.7 cm³/mol. The Balaban J connectivity index is 2.11. The van der Waals surface area contributed by atoms with Crippen molar-refractivity contribution in [1.82, 2.24) is 10.2 Å². The van der Waals surface area contributed by atoms with Crippen LogP contribution in [0.2, 0.25) is 0 Å². The highest BCUT2D eigenvalue weighted by Crippen LogP contribution is 2.33. The Morgan fingerprint density at radius 2 is 2.06 bits per heavy atom. The summed E-state index contributed by atoms with van der Waals surface area (Å²) >= 11 is 0. The van der Waals surface area contributed by atoms with Crippen LogP contribution in [0.1, 0.15) is 47.0 Å². The Kier molecular flexibility index (Phi) is 5.45. The lowest BCUT2D eigenvalue weighted by Gasteiger charge is -2.25. The van der Waals surface area contributed by atoms with Gasteiger partial charge >= 0.3 is 6.09 Å². The van der Waals surface area contributed by atoms with E-state index in [4.69, 9.17) is 4.74 Å². The lowest BCUT2D eigenvalue weighted by molar-refractivity contribution is 0.0299. The highest BCUT2D eigenvalue weighted by atomic mass is 16.6. The number of likely N-dealkylation sites (N-methyl/N-ethyl adjacent to an activating group) is 1. The molecule has 0 saturated heterocycles. The van der Waals surface area contributed by atoms with Crippen LogP contribution in [-0.2, 0) is 4.74 Å². The van der Waals surface area contributed by atoms with Gasteiger partial charge in [-0.3, -0.25) is 0 Å². The number of ether oxygens (including phenoxy) is 1. The molecule has 0 spiro atoms. The SMILES string of the molecule is CC(CC1CC1)NCCN(C)C(=O)OC(C)(C)C. The predicted octanol–water partition coefficient (Wildman–Crippen LogP) is 2.63. The Bertz CT molecular complexity index is 269. The van der Waals surface area contributed by atoms with Gasteiger partial charge in [0.15, 0.2) is 0 Å². The van der Waals surface area contributed by atoms with Crippen molar-refractivity contribution in [3.05, 3.63) is 0 Å². The quantitative estimate of drug-likeness (QED) is 0.794. The maximum atomic E-state index is 11.7. The summed E-state index contributed by atoms with van der Waals surface area (Å²) in [6, 6.07) is 0.546. The van der Waals surface area contributed by atoms with Gasteiger partial charge in [-0.05, 0) is 40.0 Å². The van der Waals surface area contributed by atoms with Gasteiger partial charge in [-0.25, -0.2) is 4.79 Å². The molecule has 1 unspecified atom stereocenters. The first-order valence-corrected chi connectivity index (χ1v) is 6.95. The van der Waals surface area contributed by atoms with Crippen molar-refractivity contribution in [3.8, 4) is 0 Å². The fourth-order valence-electron chi connectivity index (χ4n) is 1.85. The van der Waals surface area contributed by atoms with Gasteiger partial charge in [-0.2, -0.15) is 0 Å². The van der Waals surface area contributed by atoms with Crippen LogP contribution in [0.25, 0.3) is 0 Å². The third-order valence-electron chi connectivity index (χ3n) is 3.03. The summed E-state index contributed by atoms with van der Waals surface area (Å²) in [5.74, 6) is 0.941. The molecule has 0 bridgehead atoms. The Labute approximate surface area is 111 Å². The Morgan fingerprint density at radius 1 is 1.44 bits per heavy atom. The average molecular weight is 256 g/mol. The fourth-order valence-corrected chi connectivity index (χ4v) is 1.85. The summed E-state index contributed by atoms with van der Waals surface area (Å²) in [5.41, 5.74) is -0.419. The van der Waals surface area contributed by atoms with E-state index in [1.54, 1.807) is 11.9 Å². The zero-order chi connectivity index (χ0) is 13.8. The number of carbonyl (C=O) groups is 1. The molecule has 0 heterocycles. The summed E-state index contributed by atoms with van der Waals surface area (Å²) in [6.45, 7) is 9.37. The standard InChI is InChI=1S/C14H28N2O2/c1-11(10-12-6-7-12)15-8-9-16(5)13(17)18-14(2,3)4/h11-12,15H,6-10H2,1-5H3. The van der Waals surface area contributed by atoms with E-state index < -0.39 is 5.60 Å². The molecule has 1 atom stereocenters. The van der Waals surface area contributed by atoms with Crippen molar-refractivity contribution in [3.63, 3.8) is 0 Å². The van der Waals surface area contributed by atoms with Crippen molar-refractivity contribution in [2.24, 2.45) is 5.92 Å². The first kappa shape index (κ1) is 15.3. The monoisotopic (exact) mass is 256 g/mol. The second-order valence-electron chi connectivity index (χ2n) is 6.44. The molecule has 106 valence electrons. The molecule has 0 radical (unpaired) electrons. The summed E-state index contributed by atoms with van der Waals surface area (Å²) in [4.78, 5) is 13.3. The molecule has 4 nitrogen and oxygen atoms in total. The first-order chi connectivity index (χ1) is 8.28. The molecule has 0 aromatic carbocycles. The summed E-state index contributed by atoms with van der Waals surface area (Å²) in [7, 11) is 1.78. The zero-order valence-corrected chi connectivity index (χ0v) is 12.5. The van der Waals surface area contributed by atoms with Crippen LogP contribution in [-0.4, -0.2) is 42.8 Å². The third kappa shape index (κ3) is 6.84. The van der Waals surface area contributed by atoms with Crippen LogP contribution < -0.4 is 5.32 Å². The second kappa shape index (κ2) is 6.41. The molecular formula is C14H28N2O2. The number of hydrogen-bond acceptors (Lipinski definition) is 3. The maximum Gasteiger partial charge on any atom is 0.410 e. The number of rotatable bonds is 6. The van der Waals surface area contributed by atoms with E-state index in [9.17, 15) is 4.79 Å². The molecule has 1 rings (SSSR count). The number of amides is 1. The minimum Gasteiger partial charge on any atom is -0.444 e. The van der Waals surface area contributed by atoms with Crippen LogP contribution in [0.15, 0.2) is 0 Å². The van der Waals surface area contributed by atoms with Gasteiger partial charge in [0, 0.05) is 26.2 Å². The van der Waals surface area contributed by atoms with Crippen LogP contribution in [0, 0.1) is 5.92 Å². The molecule has 18 heavy (non-hydrogen) atoms. The zero-order valence-electron chi connectivity index (χ0n) is 12.5. The van der Waals surface area contributed by atoms with Crippen molar-refractivity contribution >= 4 is 6.09 Å². The average Bonchev–Trinajstić information content (AvgIpc) is 2.98. The van der Waals surface area contributed by atoms with E-state index in [1.165, 1.54) is 19.3 Å². The van der Waals surface area contributed by atoms with Crippen LogP contribution >= 0.6 is 0 Å². The highest BCUT2D eigenvalue weighted by Gasteiger charge is 2.23. The molecular weight excluding hydrogens is 228 g/mol.